The Hall–Kier alpha value is -2.71. The zero-order valence-corrected chi connectivity index (χ0v) is 17.4. The summed E-state index contributed by atoms with van der Waals surface area (Å²) < 4.78 is 45.8. The van der Waals surface area contributed by atoms with Crippen molar-refractivity contribution < 1.29 is 17.5 Å². The third-order valence-corrected chi connectivity index (χ3v) is 8.17. The highest BCUT2D eigenvalue weighted by atomic mass is 32.2. The van der Waals surface area contributed by atoms with E-state index in [1.165, 1.54) is 12.1 Å². The van der Waals surface area contributed by atoms with Gasteiger partial charge in [-0.3, -0.25) is 0 Å². The van der Waals surface area contributed by atoms with Gasteiger partial charge in [0.25, 0.3) is 0 Å². The topological polar surface area (TPSA) is 75.3 Å². The van der Waals surface area contributed by atoms with Gasteiger partial charge in [-0.25, -0.2) is 17.8 Å². The summed E-state index contributed by atoms with van der Waals surface area (Å²) in [7, 11) is -1.60. The third-order valence-electron chi connectivity index (χ3n) is 5.81. The fourth-order valence-corrected chi connectivity index (χ4v) is 5.81. The molecule has 0 unspecified atom stereocenters. The Morgan fingerprint density at radius 3 is 2.73 bits per heavy atom. The Morgan fingerprint density at radius 1 is 1.20 bits per heavy atom. The molecular weight excluding hydrogens is 405 g/mol. The number of hydrogen-bond acceptors (Lipinski definition) is 4. The van der Waals surface area contributed by atoms with Crippen LogP contribution in [0.25, 0.3) is 27.7 Å². The number of H-pyrrole nitrogens is 1. The van der Waals surface area contributed by atoms with Gasteiger partial charge in [-0.2, -0.15) is 4.31 Å². The Balaban J connectivity index is 1.50. The second-order valence-corrected chi connectivity index (χ2v) is 9.94. The number of sulfonamides is 1. The van der Waals surface area contributed by atoms with Crippen LogP contribution in [0, 0.1) is 5.82 Å². The van der Waals surface area contributed by atoms with Crippen molar-refractivity contribution in [3.8, 4) is 16.9 Å². The maximum Gasteiger partial charge on any atom is 0.217 e. The first-order valence-electron chi connectivity index (χ1n) is 9.97. The first kappa shape index (κ1) is 19.3. The molecule has 0 spiro atoms. The van der Waals surface area contributed by atoms with Crippen molar-refractivity contribution >= 4 is 26.6 Å². The van der Waals surface area contributed by atoms with E-state index < -0.39 is 10.0 Å². The Bertz CT molecular complexity index is 1260. The molecule has 1 saturated carbocycles. The number of hydrogen-bond donors (Lipinski definition) is 1. The minimum absolute atomic E-state index is 0.187. The zero-order chi connectivity index (χ0) is 20.9. The summed E-state index contributed by atoms with van der Waals surface area (Å²) in [6.45, 7) is 0.875. The molecule has 30 heavy (non-hydrogen) atoms. The summed E-state index contributed by atoms with van der Waals surface area (Å²) in [5.74, 6) is 0.253. The second kappa shape index (κ2) is 7.21. The van der Waals surface area contributed by atoms with Gasteiger partial charge in [0, 0.05) is 35.9 Å². The van der Waals surface area contributed by atoms with E-state index in [1.807, 2.05) is 18.2 Å². The fraction of sp³-hybridized carbons (Fsp3) is 0.318. The number of aromatic amines is 1. The standard InChI is InChI=1S/C22H22FN3O3S/c1-29-21-5-2-15(23)12-18(21)17-6-9-24-22-19(17)13-20(25-22)14-7-10-26(11-8-14)30(27,28)16-3-4-16/h2,5-7,9,12-13,16H,3-4,8,10-11H2,1H3,(H,24,25). The van der Waals surface area contributed by atoms with E-state index in [9.17, 15) is 12.8 Å². The van der Waals surface area contributed by atoms with Crippen LogP contribution in [0.15, 0.2) is 42.6 Å². The quantitative estimate of drug-likeness (QED) is 0.669. The molecule has 156 valence electrons. The van der Waals surface area contributed by atoms with Gasteiger partial charge < -0.3 is 9.72 Å². The third kappa shape index (κ3) is 3.30. The number of benzene rings is 1. The molecule has 0 radical (unpaired) electrons. The molecule has 2 aromatic heterocycles. The zero-order valence-electron chi connectivity index (χ0n) is 16.6. The molecule has 1 aromatic carbocycles. The van der Waals surface area contributed by atoms with Crippen LogP contribution in [0.2, 0.25) is 0 Å². The number of nitrogens with zero attached hydrogens (tertiary/aromatic N) is 2. The van der Waals surface area contributed by atoms with Crippen molar-refractivity contribution in [3.05, 3.63) is 54.1 Å². The lowest BCUT2D eigenvalue weighted by molar-refractivity contribution is 0.415. The lowest BCUT2D eigenvalue weighted by Gasteiger charge is -2.25. The van der Waals surface area contributed by atoms with Gasteiger partial charge in [-0.15, -0.1) is 0 Å². The molecule has 6 nitrogen and oxygen atoms in total. The summed E-state index contributed by atoms with van der Waals surface area (Å²) in [6.07, 6.45) is 5.83. The maximum atomic E-state index is 13.9. The molecule has 1 fully saturated rings. The van der Waals surface area contributed by atoms with E-state index in [0.29, 0.717) is 36.5 Å². The molecule has 3 heterocycles. The number of fused-ring (bicyclic) bond motifs is 1. The lowest BCUT2D eigenvalue weighted by atomic mass is 10.0. The highest BCUT2D eigenvalue weighted by Crippen LogP contribution is 2.37. The van der Waals surface area contributed by atoms with Crippen LogP contribution < -0.4 is 4.74 Å². The predicted molar refractivity (Wildman–Crippen MR) is 114 cm³/mol. The van der Waals surface area contributed by atoms with Crippen molar-refractivity contribution in [1.82, 2.24) is 14.3 Å². The van der Waals surface area contributed by atoms with Gasteiger partial charge >= 0.3 is 0 Å². The van der Waals surface area contributed by atoms with Crippen LogP contribution in [0.4, 0.5) is 4.39 Å². The number of aromatic nitrogens is 2. The molecule has 8 heteroatoms. The molecule has 0 bridgehead atoms. The van der Waals surface area contributed by atoms with E-state index >= 15 is 0 Å². The van der Waals surface area contributed by atoms with Crippen molar-refractivity contribution in [2.24, 2.45) is 0 Å². The molecule has 3 aromatic rings. The van der Waals surface area contributed by atoms with Crippen LogP contribution in [0.3, 0.4) is 0 Å². The average Bonchev–Trinajstić information content (AvgIpc) is 3.53. The van der Waals surface area contributed by atoms with Gasteiger partial charge in [-0.1, -0.05) is 6.08 Å². The van der Waals surface area contributed by atoms with Crippen LogP contribution in [0.5, 0.6) is 5.75 Å². The smallest absolute Gasteiger partial charge is 0.217 e. The first-order chi connectivity index (χ1) is 14.5. The highest BCUT2D eigenvalue weighted by molar-refractivity contribution is 7.90. The minimum Gasteiger partial charge on any atom is -0.496 e. The van der Waals surface area contributed by atoms with Crippen LogP contribution in [0.1, 0.15) is 25.0 Å². The maximum absolute atomic E-state index is 13.9. The molecule has 5 rings (SSSR count). The number of methoxy groups -OCH3 is 1. The normalized spacial score (nSPS) is 17.9. The molecule has 2 aliphatic rings. The highest BCUT2D eigenvalue weighted by Gasteiger charge is 2.40. The number of ether oxygens (including phenoxy) is 1. The molecule has 0 atom stereocenters. The van der Waals surface area contributed by atoms with E-state index in [0.717, 1.165) is 35.1 Å². The molecule has 1 N–H and O–H groups in total. The number of rotatable bonds is 5. The first-order valence-corrected chi connectivity index (χ1v) is 11.5. The monoisotopic (exact) mass is 427 g/mol. The van der Waals surface area contributed by atoms with Crippen LogP contribution in [-0.2, 0) is 10.0 Å². The SMILES string of the molecule is COc1ccc(F)cc1-c1ccnc2[nH]c(C3=CCN(S(=O)(=O)C4CC4)CC3)cc12. The second-order valence-electron chi connectivity index (χ2n) is 7.73. The van der Waals surface area contributed by atoms with Crippen LogP contribution in [-0.4, -0.2) is 48.1 Å². The van der Waals surface area contributed by atoms with E-state index in [-0.39, 0.29) is 11.1 Å². The Morgan fingerprint density at radius 2 is 2.03 bits per heavy atom. The summed E-state index contributed by atoms with van der Waals surface area (Å²) in [4.78, 5) is 7.76. The number of pyridine rings is 1. The Labute approximate surface area is 174 Å². The van der Waals surface area contributed by atoms with E-state index in [2.05, 4.69) is 9.97 Å². The number of halogens is 1. The van der Waals surface area contributed by atoms with Crippen molar-refractivity contribution in [2.75, 3.05) is 20.2 Å². The molecular formula is C22H22FN3O3S. The van der Waals surface area contributed by atoms with Gasteiger partial charge in [0.1, 0.15) is 17.2 Å². The lowest BCUT2D eigenvalue weighted by Crippen LogP contribution is -2.36. The Kier molecular flexibility index (Phi) is 4.63. The van der Waals surface area contributed by atoms with Crippen molar-refractivity contribution in [1.29, 1.82) is 0 Å². The van der Waals surface area contributed by atoms with Crippen LogP contribution >= 0.6 is 0 Å². The van der Waals surface area contributed by atoms with Gasteiger partial charge in [0.15, 0.2) is 0 Å². The van der Waals surface area contributed by atoms with Crippen molar-refractivity contribution in [3.63, 3.8) is 0 Å². The molecule has 1 aliphatic heterocycles. The largest absolute Gasteiger partial charge is 0.496 e. The fourth-order valence-electron chi connectivity index (χ4n) is 4.03. The summed E-state index contributed by atoms with van der Waals surface area (Å²) in [5, 5.41) is 0.680. The summed E-state index contributed by atoms with van der Waals surface area (Å²) >= 11 is 0. The van der Waals surface area contributed by atoms with E-state index in [4.69, 9.17) is 4.74 Å². The predicted octanol–water partition coefficient (Wildman–Crippen LogP) is 3.96. The molecule has 1 aliphatic carbocycles. The van der Waals surface area contributed by atoms with Gasteiger partial charge in [-0.05, 0) is 60.7 Å². The average molecular weight is 428 g/mol. The van der Waals surface area contributed by atoms with E-state index in [1.54, 1.807) is 23.7 Å². The minimum atomic E-state index is -3.16. The molecule has 0 amide bonds. The van der Waals surface area contributed by atoms with Crippen molar-refractivity contribution in [2.45, 2.75) is 24.5 Å². The van der Waals surface area contributed by atoms with Gasteiger partial charge in [0.2, 0.25) is 10.0 Å². The number of nitrogens with one attached hydrogen (secondary N) is 1. The summed E-state index contributed by atoms with van der Waals surface area (Å²) in [6, 6.07) is 8.29. The van der Waals surface area contributed by atoms with Gasteiger partial charge in [0.05, 0.1) is 12.4 Å². The summed E-state index contributed by atoms with van der Waals surface area (Å²) in [5.41, 5.74) is 4.15. The molecule has 0 saturated heterocycles.